The maximum absolute atomic E-state index is 12.2. The van der Waals surface area contributed by atoms with Crippen LogP contribution in [0.3, 0.4) is 0 Å². The highest BCUT2D eigenvalue weighted by molar-refractivity contribution is 5.91. The highest BCUT2D eigenvalue weighted by Crippen LogP contribution is 2.39. The summed E-state index contributed by atoms with van der Waals surface area (Å²) in [5, 5.41) is 6.91. The van der Waals surface area contributed by atoms with Gasteiger partial charge in [-0.15, -0.1) is 0 Å². The van der Waals surface area contributed by atoms with E-state index in [-0.39, 0.29) is 17.9 Å². The van der Waals surface area contributed by atoms with Crippen LogP contribution in [0, 0.1) is 5.92 Å². The fourth-order valence-electron chi connectivity index (χ4n) is 3.06. The van der Waals surface area contributed by atoms with Crippen molar-refractivity contribution >= 4 is 5.91 Å². The van der Waals surface area contributed by atoms with E-state index in [0.717, 1.165) is 30.8 Å². The van der Waals surface area contributed by atoms with Crippen molar-refractivity contribution in [1.29, 1.82) is 0 Å². The number of nitrogens with one attached hydrogen (secondary N) is 1. The highest BCUT2D eigenvalue weighted by Gasteiger charge is 2.33. The minimum Gasteiger partial charge on any atom is -0.370 e. The number of nitrogens with zero attached hydrogens (tertiary/aromatic N) is 3. The molecule has 23 heavy (non-hydrogen) atoms. The highest BCUT2D eigenvalue weighted by atomic mass is 16.5. The molecule has 1 saturated carbocycles. The molecule has 1 amide bonds. The van der Waals surface area contributed by atoms with Crippen LogP contribution in [0.5, 0.6) is 0 Å². The number of imidazole rings is 1. The average Bonchev–Trinajstić information content (AvgIpc) is 2.96. The Labute approximate surface area is 134 Å². The molecule has 2 atom stereocenters. The lowest BCUT2D eigenvalue weighted by atomic mass is 10.0. The number of amides is 1. The van der Waals surface area contributed by atoms with E-state index in [2.05, 4.69) is 15.5 Å². The lowest BCUT2D eigenvalue weighted by Crippen LogP contribution is -2.30. The first-order valence-electron chi connectivity index (χ1n) is 8.06. The molecule has 1 saturated heterocycles. The molecule has 4 rings (SSSR count). The van der Waals surface area contributed by atoms with Gasteiger partial charge in [0.15, 0.2) is 0 Å². The Bertz CT molecular complexity index is 704. The van der Waals surface area contributed by atoms with Crippen LogP contribution in [0.15, 0.2) is 23.0 Å². The van der Waals surface area contributed by atoms with Gasteiger partial charge in [0.1, 0.15) is 11.9 Å². The monoisotopic (exact) mass is 316 g/mol. The first kappa shape index (κ1) is 14.4. The Morgan fingerprint density at radius 1 is 1.43 bits per heavy atom. The van der Waals surface area contributed by atoms with Crippen molar-refractivity contribution < 1.29 is 14.1 Å². The Hall–Kier alpha value is -2.15. The molecule has 1 aliphatic heterocycles. The van der Waals surface area contributed by atoms with Crippen LogP contribution < -0.4 is 5.32 Å². The summed E-state index contributed by atoms with van der Waals surface area (Å²) in [6.45, 7) is 1.22. The second-order valence-electron chi connectivity index (χ2n) is 6.34. The molecule has 3 heterocycles. The van der Waals surface area contributed by atoms with Gasteiger partial charge in [-0.3, -0.25) is 4.79 Å². The first-order chi connectivity index (χ1) is 11.2. The SMILES string of the molecule is Cn1ccnc1[C@@H]1OCC[C@H]1CNC(=O)c1cc(C2CC2)no1. The van der Waals surface area contributed by atoms with Crippen LogP contribution in [-0.2, 0) is 11.8 Å². The zero-order valence-electron chi connectivity index (χ0n) is 13.1. The van der Waals surface area contributed by atoms with Gasteiger partial charge in [0, 0.05) is 50.5 Å². The minimum atomic E-state index is -0.213. The normalized spacial score (nSPS) is 24.0. The van der Waals surface area contributed by atoms with E-state index < -0.39 is 0 Å². The maximum Gasteiger partial charge on any atom is 0.289 e. The van der Waals surface area contributed by atoms with E-state index in [9.17, 15) is 4.79 Å². The summed E-state index contributed by atoms with van der Waals surface area (Å²) in [7, 11) is 1.95. The average molecular weight is 316 g/mol. The van der Waals surface area contributed by atoms with E-state index in [1.807, 2.05) is 17.8 Å². The van der Waals surface area contributed by atoms with Gasteiger partial charge in [-0.2, -0.15) is 0 Å². The molecule has 1 aliphatic carbocycles. The molecule has 0 unspecified atom stereocenters. The molecule has 1 N–H and O–H groups in total. The number of carbonyl (C=O) groups excluding carboxylic acids is 1. The first-order valence-corrected chi connectivity index (χ1v) is 8.06. The van der Waals surface area contributed by atoms with Crippen molar-refractivity contribution in [1.82, 2.24) is 20.0 Å². The predicted octanol–water partition coefficient (Wildman–Crippen LogP) is 1.79. The molecule has 7 heteroatoms. The van der Waals surface area contributed by atoms with Crippen molar-refractivity contribution in [2.45, 2.75) is 31.3 Å². The molecular weight excluding hydrogens is 296 g/mol. The van der Waals surface area contributed by atoms with E-state index >= 15 is 0 Å². The van der Waals surface area contributed by atoms with Gasteiger partial charge in [0.25, 0.3) is 5.91 Å². The Morgan fingerprint density at radius 2 is 2.30 bits per heavy atom. The summed E-state index contributed by atoms with van der Waals surface area (Å²) in [5.41, 5.74) is 0.894. The third-order valence-corrected chi connectivity index (χ3v) is 4.60. The molecule has 2 fully saturated rings. The maximum atomic E-state index is 12.2. The van der Waals surface area contributed by atoms with Crippen molar-refractivity contribution in [3.63, 3.8) is 0 Å². The summed E-state index contributed by atoms with van der Waals surface area (Å²) in [4.78, 5) is 16.6. The van der Waals surface area contributed by atoms with Crippen molar-refractivity contribution in [3.05, 3.63) is 35.7 Å². The van der Waals surface area contributed by atoms with Crippen LogP contribution in [0.25, 0.3) is 0 Å². The van der Waals surface area contributed by atoms with Crippen molar-refractivity contribution in [2.75, 3.05) is 13.2 Å². The number of ether oxygens (including phenoxy) is 1. The fraction of sp³-hybridized carbons (Fsp3) is 0.562. The molecule has 0 spiro atoms. The van der Waals surface area contributed by atoms with Crippen molar-refractivity contribution in [3.8, 4) is 0 Å². The van der Waals surface area contributed by atoms with E-state index in [4.69, 9.17) is 9.26 Å². The summed E-state index contributed by atoms with van der Waals surface area (Å²) >= 11 is 0. The second-order valence-corrected chi connectivity index (χ2v) is 6.34. The summed E-state index contributed by atoms with van der Waals surface area (Å²) in [6, 6.07) is 1.76. The van der Waals surface area contributed by atoms with Gasteiger partial charge < -0.3 is 19.1 Å². The molecule has 2 aliphatic rings. The van der Waals surface area contributed by atoms with Crippen LogP contribution in [0.4, 0.5) is 0 Å². The van der Waals surface area contributed by atoms with Crippen molar-refractivity contribution in [2.24, 2.45) is 13.0 Å². The summed E-state index contributed by atoms with van der Waals surface area (Å²) < 4.78 is 12.9. The number of hydrogen-bond acceptors (Lipinski definition) is 5. The predicted molar refractivity (Wildman–Crippen MR) is 80.8 cm³/mol. The lowest BCUT2D eigenvalue weighted by Gasteiger charge is -2.18. The van der Waals surface area contributed by atoms with Crippen LogP contribution in [0.2, 0.25) is 0 Å². The molecule has 0 bridgehead atoms. The van der Waals surface area contributed by atoms with E-state index in [1.165, 1.54) is 0 Å². The van der Waals surface area contributed by atoms with Gasteiger partial charge in [-0.25, -0.2) is 4.98 Å². The van der Waals surface area contributed by atoms with Gasteiger partial charge in [-0.1, -0.05) is 5.16 Å². The zero-order valence-corrected chi connectivity index (χ0v) is 13.1. The van der Waals surface area contributed by atoms with Gasteiger partial charge >= 0.3 is 0 Å². The summed E-state index contributed by atoms with van der Waals surface area (Å²) in [6.07, 6.45) is 6.77. The third kappa shape index (κ3) is 2.88. The lowest BCUT2D eigenvalue weighted by molar-refractivity contribution is 0.0769. The smallest absolute Gasteiger partial charge is 0.289 e. The third-order valence-electron chi connectivity index (χ3n) is 4.60. The van der Waals surface area contributed by atoms with Gasteiger partial charge in [-0.05, 0) is 19.3 Å². The van der Waals surface area contributed by atoms with E-state index in [1.54, 1.807) is 12.3 Å². The Balaban J connectivity index is 1.37. The standard InChI is InChI=1S/C16H20N4O3/c1-20-6-5-17-15(20)14-11(4-7-22-14)9-18-16(21)13-8-12(19-23-13)10-2-3-10/h5-6,8,10-11,14H,2-4,7,9H2,1H3,(H,18,21)/t11-,14+/m0/s1. The molecule has 2 aromatic rings. The van der Waals surface area contributed by atoms with Crippen LogP contribution in [0.1, 0.15) is 53.4 Å². The molecule has 122 valence electrons. The van der Waals surface area contributed by atoms with Crippen LogP contribution in [-0.4, -0.2) is 33.8 Å². The van der Waals surface area contributed by atoms with Gasteiger partial charge in [0.05, 0.1) is 5.69 Å². The fourth-order valence-corrected chi connectivity index (χ4v) is 3.06. The van der Waals surface area contributed by atoms with Gasteiger partial charge in [0.2, 0.25) is 5.76 Å². The zero-order chi connectivity index (χ0) is 15.8. The minimum absolute atomic E-state index is 0.0768. The Morgan fingerprint density at radius 3 is 3.04 bits per heavy atom. The Kier molecular flexibility index (Phi) is 3.65. The number of carbonyl (C=O) groups is 1. The second kappa shape index (κ2) is 5.81. The number of hydrogen-bond donors (Lipinski definition) is 1. The number of aryl methyl sites for hydroxylation is 1. The van der Waals surface area contributed by atoms with Crippen LogP contribution >= 0.6 is 0 Å². The molecule has 0 aromatic carbocycles. The topological polar surface area (TPSA) is 82.2 Å². The largest absolute Gasteiger partial charge is 0.370 e. The molecule has 2 aromatic heterocycles. The quantitative estimate of drug-likeness (QED) is 0.909. The van der Waals surface area contributed by atoms with E-state index in [0.29, 0.717) is 24.8 Å². The molecule has 7 nitrogen and oxygen atoms in total. The number of rotatable bonds is 5. The number of aromatic nitrogens is 3. The molecular formula is C16H20N4O3. The molecule has 0 radical (unpaired) electrons. The summed E-state index contributed by atoms with van der Waals surface area (Å²) in [5.74, 6) is 1.67.